The van der Waals surface area contributed by atoms with E-state index < -0.39 is 0 Å². The van der Waals surface area contributed by atoms with Crippen molar-refractivity contribution in [1.29, 1.82) is 0 Å². The number of unbranched alkanes of at least 4 members (excludes halogenated alkanes) is 5. The fourth-order valence-corrected chi connectivity index (χ4v) is 3.24. The van der Waals surface area contributed by atoms with Crippen LogP contribution in [-0.2, 0) is 12.8 Å². The summed E-state index contributed by atoms with van der Waals surface area (Å²) in [6, 6.07) is 18.9. The molecule has 0 saturated heterocycles. The van der Waals surface area contributed by atoms with Crippen LogP contribution < -0.4 is 0 Å². The highest BCUT2D eigenvalue weighted by atomic mass is 13.9. The standard InChI is InChI=1S/C10H12.C8H10.C8H18.2C5H6.CH4/c1-3-9-5-7-10(4-2)8-6-9;1-2-8-6-4-3-5-7-8;1-3-5-7-8-6-4-2;2*1-2-4-5-3-1;/h3,5-8H,1,4H2,2H3;3-7H,2H2,1H3;3-8H2,1-2H3;2*1-4H,5H2;1H4. The van der Waals surface area contributed by atoms with E-state index in [-0.39, 0.29) is 7.43 Å². The molecule has 0 bridgehead atoms. The normalized spacial score (nSPS) is 11.4. The fraction of sp³-hybridized carbons (Fsp3) is 0.405. The molecule has 204 valence electrons. The molecule has 0 radical (unpaired) electrons. The molecule has 0 aliphatic heterocycles. The Morgan fingerprint density at radius 1 is 0.568 bits per heavy atom. The van der Waals surface area contributed by atoms with Gasteiger partial charge in [0.05, 0.1) is 0 Å². The molecule has 0 unspecified atom stereocenters. The summed E-state index contributed by atoms with van der Waals surface area (Å²) < 4.78 is 0. The maximum atomic E-state index is 3.69. The van der Waals surface area contributed by atoms with Crippen molar-refractivity contribution in [3.63, 3.8) is 0 Å². The summed E-state index contributed by atoms with van der Waals surface area (Å²) >= 11 is 0. The van der Waals surface area contributed by atoms with E-state index in [0.717, 1.165) is 25.7 Å². The Hall–Kier alpha value is -2.86. The molecule has 2 aromatic rings. The molecule has 37 heavy (non-hydrogen) atoms. The molecule has 0 atom stereocenters. The Labute approximate surface area is 231 Å². The van der Waals surface area contributed by atoms with Crippen molar-refractivity contribution in [2.45, 2.75) is 99.3 Å². The van der Waals surface area contributed by atoms with Gasteiger partial charge in [0.1, 0.15) is 0 Å². The second-order valence-electron chi connectivity index (χ2n) is 8.74. The minimum Gasteiger partial charge on any atom is -0.0985 e. The second kappa shape index (κ2) is 29.4. The van der Waals surface area contributed by atoms with Gasteiger partial charge in [0.25, 0.3) is 0 Å². The third kappa shape index (κ3) is 24.6. The van der Waals surface area contributed by atoms with E-state index in [0.29, 0.717) is 0 Å². The van der Waals surface area contributed by atoms with Crippen LogP contribution in [0.25, 0.3) is 6.08 Å². The molecule has 0 heterocycles. The van der Waals surface area contributed by atoms with Gasteiger partial charge in [0.15, 0.2) is 0 Å². The van der Waals surface area contributed by atoms with Gasteiger partial charge in [-0.25, -0.2) is 0 Å². The second-order valence-corrected chi connectivity index (χ2v) is 8.74. The van der Waals surface area contributed by atoms with E-state index in [2.05, 4.69) is 131 Å². The van der Waals surface area contributed by atoms with Crippen LogP contribution in [-0.4, -0.2) is 0 Å². The first kappa shape index (κ1) is 36.3. The quantitative estimate of drug-likeness (QED) is 0.316. The van der Waals surface area contributed by atoms with Crippen molar-refractivity contribution in [3.05, 3.63) is 126 Å². The molecular formula is C37H56. The van der Waals surface area contributed by atoms with Gasteiger partial charge in [-0.05, 0) is 42.4 Å². The molecule has 0 nitrogen and oxygen atoms in total. The van der Waals surface area contributed by atoms with Crippen LogP contribution in [0, 0.1) is 0 Å². The zero-order valence-electron chi connectivity index (χ0n) is 23.7. The third-order valence-electron chi connectivity index (χ3n) is 5.64. The fourth-order valence-electron chi connectivity index (χ4n) is 3.24. The third-order valence-corrected chi connectivity index (χ3v) is 5.64. The van der Waals surface area contributed by atoms with Gasteiger partial charge in [-0.1, -0.05) is 190 Å². The van der Waals surface area contributed by atoms with Crippen molar-refractivity contribution in [2.24, 2.45) is 0 Å². The summed E-state index contributed by atoms with van der Waals surface area (Å²) in [5, 5.41) is 0. The van der Waals surface area contributed by atoms with Crippen molar-refractivity contribution >= 4 is 6.08 Å². The predicted octanol–water partition coefficient (Wildman–Crippen LogP) is 12.1. The average Bonchev–Trinajstić information content (AvgIpc) is 3.72. The SMILES string of the molecule is C.C1=CCC=C1.C1=CCC=C1.C=Cc1ccc(CC)cc1.CCCCCCCC.CCc1ccccc1. The van der Waals surface area contributed by atoms with E-state index in [4.69, 9.17) is 0 Å². The number of hydrogen-bond donors (Lipinski definition) is 0. The Morgan fingerprint density at radius 3 is 1.24 bits per heavy atom. The van der Waals surface area contributed by atoms with E-state index in [1.807, 2.05) is 12.1 Å². The lowest BCUT2D eigenvalue weighted by atomic mass is 10.1. The van der Waals surface area contributed by atoms with Crippen LogP contribution in [0.15, 0.2) is 110 Å². The summed E-state index contributed by atoms with van der Waals surface area (Å²) in [6.07, 6.45) is 31.6. The maximum absolute atomic E-state index is 3.69. The smallest absolute Gasteiger partial charge is 0.0163 e. The Bertz CT molecular complexity index is 783. The molecule has 0 saturated carbocycles. The lowest BCUT2D eigenvalue weighted by Gasteiger charge is -1.95. The first-order valence-electron chi connectivity index (χ1n) is 14.1. The Morgan fingerprint density at radius 2 is 0.973 bits per heavy atom. The molecule has 0 fully saturated rings. The molecule has 2 aliphatic carbocycles. The molecule has 0 amide bonds. The number of hydrogen-bond acceptors (Lipinski definition) is 0. The van der Waals surface area contributed by atoms with Gasteiger partial charge in [-0.2, -0.15) is 0 Å². The van der Waals surface area contributed by atoms with Gasteiger partial charge in [-0.3, -0.25) is 0 Å². The summed E-state index contributed by atoms with van der Waals surface area (Å²) in [4.78, 5) is 0. The van der Waals surface area contributed by atoms with Crippen LogP contribution in [0.2, 0.25) is 0 Å². The lowest BCUT2D eigenvalue weighted by molar-refractivity contribution is 0.624. The maximum Gasteiger partial charge on any atom is -0.0163 e. The molecule has 2 aliphatic rings. The van der Waals surface area contributed by atoms with E-state index in [1.54, 1.807) is 0 Å². The number of allylic oxidation sites excluding steroid dienone is 8. The van der Waals surface area contributed by atoms with Crippen molar-refractivity contribution in [2.75, 3.05) is 0 Å². The number of rotatable bonds is 8. The molecule has 0 N–H and O–H groups in total. The van der Waals surface area contributed by atoms with E-state index in [9.17, 15) is 0 Å². The van der Waals surface area contributed by atoms with Crippen LogP contribution in [0.1, 0.15) is 103 Å². The molecule has 4 rings (SSSR count). The summed E-state index contributed by atoms with van der Waals surface area (Å²) in [7, 11) is 0. The predicted molar refractivity (Wildman–Crippen MR) is 173 cm³/mol. The van der Waals surface area contributed by atoms with E-state index >= 15 is 0 Å². The highest BCUT2D eigenvalue weighted by Gasteiger charge is 1.86. The van der Waals surface area contributed by atoms with Crippen molar-refractivity contribution in [3.8, 4) is 0 Å². The topological polar surface area (TPSA) is 0 Å². The highest BCUT2D eigenvalue weighted by molar-refractivity contribution is 5.47. The van der Waals surface area contributed by atoms with Gasteiger partial charge in [-0.15, -0.1) is 0 Å². The number of aryl methyl sites for hydroxylation is 2. The van der Waals surface area contributed by atoms with Crippen LogP contribution in [0.3, 0.4) is 0 Å². The molecule has 0 spiro atoms. The van der Waals surface area contributed by atoms with Gasteiger partial charge in [0, 0.05) is 0 Å². The molecular weight excluding hydrogens is 444 g/mol. The zero-order chi connectivity index (χ0) is 26.5. The highest BCUT2D eigenvalue weighted by Crippen LogP contribution is 2.05. The zero-order valence-corrected chi connectivity index (χ0v) is 23.7. The van der Waals surface area contributed by atoms with Crippen molar-refractivity contribution < 1.29 is 0 Å². The monoisotopic (exact) mass is 500 g/mol. The number of benzene rings is 2. The first-order chi connectivity index (χ1) is 17.7. The lowest BCUT2D eigenvalue weighted by Crippen LogP contribution is -1.78. The molecule has 0 heteroatoms. The van der Waals surface area contributed by atoms with E-state index in [1.165, 1.54) is 55.2 Å². The van der Waals surface area contributed by atoms with Gasteiger partial charge >= 0.3 is 0 Å². The summed E-state index contributed by atoms with van der Waals surface area (Å²) in [5.74, 6) is 0. The minimum atomic E-state index is 0. The van der Waals surface area contributed by atoms with Gasteiger partial charge < -0.3 is 0 Å². The Balaban J connectivity index is 0. The average molecular weight is 501 g/mol. The minimum absolute atomic E-state index is 0. The summed E-state index contributed by atoms with van der Waals surface area (Å²) in [6.45, 7) is 12.5. The Kier molecular flexibility index (Phi) is 28.8. The first-order valence-corrected chi connectivity index (χ1v) is 14.1. The van der Waals surface area contributed by atoms with Crippen molar-refractivity contribution in [1.82, 2.24) is 0 Å². The van der Waals surface area contributed by atoms with Crippen LogP contribution >= 0.6 is 0 Å². The largest absolute Gasteiger partial charge is 0.0985 e. The molecule has 0 aromatic heterocycles. The summed E-state index contributed by atoms with van der Waals surface area (Å²) in [5.41, 5.74) is 3.98. The van der Waals surface area contributed by atoms with Crippen LogP contribution in [0.4, 0.5) is 0 Å². The van der Waals surface area contributed by atoms with Crippen LogP contribution in [0.5, 0.6) is 0 Å². The molecule has 2 aromatic carbocycles. The van der Waals surface area contributed by atoms with Gasteiger partial charge in [0.2, 0.25) is 0 Å².